The van der Waals surface area contributed by atoms with Crippen LogP contribution in [-0.2, 0) is 4.74 Å². The van der Waals surface area contributed by atoms with Gasteiger partial charge in [0.15, 0.2) is 0 Å². The Labute approximate surface area is 116 Å². The highest BCUT2D eigenvalue weighted by Gasteiger charge is 2.16. The minimum absolute atomic E-state index is 0.000580. The SMILES string of the molecule is Cc1ccc(Br)cc1C(=O)NCC1CCCOC1. The number of hydrogen-bond acceptors (Lipinski definition) is 2. The molecule has 1 aromatic carbocycles. The zero-order valence-corrected chi connectivity index (χ0v) is 12.1. The van der Waals surface area contributed by atoms with Crippen molar-refractivity contribution in [1.29, 1.82) is 0 Å². The summed E-state index contributed by atoms with van der Waals surface area (Å²) in [6, 6.07) is 5.76. The molecule has 4 heteroatoms. The van der Waals surface area contributed by atoms with E-state index in [1.54, 1.807) is 0 Å². The second kappa shape index (κ2) is 6.34. The summed E-state index contributed by atoms with van der Waals surface area (Å²) >= 11 is 3.39. The summed E-state index contributed by atoms with van der Waals surface area (Å²) in [5, 5.41) is 3.00. The molecule has 1 N–H and O–H groups in total. The van der Waals surface area contributed by atoms with Crippen LogP contribution in [0.5, 0.6) is 0 Å². The van der Waals surface area contributed by atoms with Gasteiger partial charge in [0.2, 0.25) is 0 Å². The van der Waals surface area contributed by atoms with Gasteiger partial charge in [-0.2, -0.15) is 0 Å². The van der Waals surface area contributed by atoms with E-state index < -0.39 is 0 Å². The Hall–Kier alpha value is -0.870. The summed E-state index contributed by atoms with van der Waals surface area (Å²) in [4.78, 5) is 12.1. The highest BCUT2D eigenvalue weighted by atomic mass is 79.9. The molecule has 0 saturated carbocycles. The molecular weight excluding hydrogens is 294 g/mol. The first-order valence-electron chi connectivity index (χ1n) is 6.29. The molecule has 2 rings (SSSR count). The predicted molar refractivity (Wildman–Crippen MR) is 74.8 cm³/mol. The van der Waals surface area contributed by atoms with Crippen LogP contribution in [0.1, 0.15) is 28.8 Å². The minimum Gasteiger partial charge on any atom is -0.381 e. The van der Waals surface area contributed by atoms with E-state index in [0.717, 1.165) is 41.7 Å². The quantitative estimate of drug-likeness (QED) is 0.932. The van der Waals surface area contributed by atoms with Gasteiger partial charge in [-0.1, -0.05) is 22.0 Å². The van der Waals surface area contributed by atoms with Crippen LogP contribution in [0.2, 0.25) is 0 Å². The number of nitrogens with one attached hydrogen (secondary N) is 1. The monoisotopic (exact) mass is 311 g/mol. The second-order valence-corrected chi connectivity index (χ2v) is 5.67. The molecule has 0 bridgehead atoms. The van der Waals surface area contributed by atoms with Gasteiger partial charge in [-0.05, 0) is 43.4 Å². The summed E-state index contributed by atoms with van der Waals surface area (Å²) < 4.78 is 6.33. The van der Waals surface area contributed by atoms with Crippen molar-refractivity contribution in [3.63, 3.8) is 0 Å². The predicted octanol–water partition coefficient (Wildman–Crippen LogP) is 2.91. The average Bonchev–Trinajstić information content (AvgIpc) is 2.40. The zero-order valence-electron chi connectivity index (χ0n) is 10.5. The Bertz CT molecular complexity index is 428. The molecule has 1 unspecified atom stereocenters. The van der Waals surface area contributed by atoms with Crippen molar-refractivity contribution in [1.82, 2.24) is 5.32 Å². The van der Waals surface area contributed by atoms with Crippen molar-refractivity contribution >= 4 is 21.8 Å². The largest absolute Gasteiger partial charge is 0.381 e. The molecule has 0 radical (unpaired) electrons. The number of benzene rings is 1. The molecule has 1 atom stereocenters. The first kappa shape index (κ1) is 13.6. The first-order chi connectivity index (χ1) is 8.66. The molecule has 1 heterocycles. The van der Waals surface area contributed by atoms with Gasteiger partial charge in [-0.25, -0.2) is 0 Å². The van der Waals surface area contributed by atoms with E-state index in [0.29, 0.717) is 12.5 Å². The van der Waals surface area contributed by atoms with E-state index in [9.17, 15) is 4.79 Å². The van der Waals surface area contributed by atoms with E-state index in [1.807, 2.05) is 25.1 Å². The Kier molecular flexibility index (Phi) is 4.78. The molecular formula is C14H18BrNO2. The van der Waals surface area contributed by atoms with Gasteiger partial charge in [0.05, 0.1) is 6.61 Å². The fourth-order valence-corrected chi connectivity index (χ4v) is 2.50. The Morgan fingerprint density at radius 1 is 1.56 bits per heavy atom. The van der Waals surface area contributed by atoms with Crippen LogP contribution in [-0.4, -0.2) is 25.7 Å². The van der Waals surface area contributed by atoms with Gasteiger partial charge in [0, 0.05) is 23.2 Å². The van der Waals surface area contributed by atoms with E-state index >= 15 is 0 Å². The number of halogens is 1. The molecule has 0 aromatic heterocycles. The molecule has 98 valence electrons. The lowest BCUT2D eigenvalue weighted by molar-refractivity contribution is 0.0536. The van der Waals surface area contributed by atoms with Crippen LogP contribution < -0.4 is 5.32 Å². The average molecular weight is 312 g/mol. The number of amides is 1. The van der Waals surface area contributed by atoms with Gasteiger partial charge < -0.3 is 10.1 Å². The third-order valence-corrected chi connectivity index (χ3v) is 3.74. The summed E-state index contributed by atoms with van der Waals surface area (Å²) in [6.07, 6.45) is 2.23. The fraction of sp³-hybridized carbons (Fsp3) is 0.500. The maximum atomic E-state index is 12.1. The number of carbonyl (C=O) groups excluding carboxylic acids is 1. The normalized spacial score (nSPS) is 19.6. The second-order valence-electron chi connectivity index (χ2n) is 4.75. The first-order valence-corrected chi connectivity index (χ1v) is 7.08. The standard InChI is InChI=1S/C14H18BrNO2/c1-10-4-5-12(15)7-13(10)14(17)16-8-11-3-2-6-18-9-11/h4-5,7,11H,2-3,6,8-9H2,1H3,(H,16,17). The van der Waals surface area contributed by atoms with Gasteiger partial charge in [-0.3, -0.25) is 4.79 Å². The van der Waals surface area contributed by atoms with Crippen molar-refractivity contribution in [3.8, 4) is 0 Å². The number of hydrogen-bond donors (Lipinski definition) is 1. The highest BCUT2D eigenvalue weighted by Crippen LogP contribution is 2.17. The van der Waals surface area contributed by atoms with E-state index in [2.05, 4.69) is 21.2 Å². The minimum atomic E-state index is -0.000580. The molecule has 1 fully saturated rings. The lowest BCUT2D eigenvalue weighted by Gasteiger charge is -2.22. The van der Waals surface area contributed by atoms with E-state index in [4.69, 9.17) is 4.74 Å². The fourth-order valence-electron chi connectivity index (χ4n) is 2.14. The molecule has 1 amide bonds. The summed E-state index contributed by atoms with van der Waals surface area (Å²) in [7, 11) is 0. The summed E-state index contributed by atoms with van der Waals surface area (Å²) in [6.45, 7) is 4.27. The van der Waals surface area contributed by atoms with Crippen molar-refractivity contribution < 1.29 is 9.53 Å². The van der Waals surface area contributed by atoms with Crippen LogP contribution in [0.3, 0.4) is 0 Å². The maximum absolute atomic E-state index is 12.1. The number of rotatable bonds is 3. The number of carbonyl (C=O) groups is 1. The third-order valence-electron chi connectivity index (χ3n) is 3.25. The smallest absolute Gasteiger partial charge is 0.251 e. The highest BCUT2D eigenvalue weighted by molar-refractivity contribution is 9.10. The summed E-state index contributed by atoms with van der Waals surface area (Å²) in [5.74, 6) is 0.453. The maximum Gasteiger partial charge on any atom is 0.251 e. The lowest BCUT2D eigenvalue weighted by Crippen LogP contribution is -2.33. The van der Waals surface area contributed by atoms with Gasteiger partial charge >= 0.3 is 0 Å². The molecule has 1 saturated heterocycles. The van der Waals surface area contributed by atoms with Crippen LogP contribution in [0, 0.1) is 12.8 Å². The van der Waals surface area contributed by atoms with Crippen molar-refractivity contribution in [2.24, 2.45) is 5.92 Å². The Balaban J connectivity index is 1.92. The molecule has 0 spiro atoms. The molecule has 0 aliphatic carbocycles. The van der Waals surface area contributed by atoms with E-state index in [1.165, 1.54) is 0 Å². The Morgan fingerprint density at radius 2 is 2.39 bits per heavy atom. The van der Waals surface area contributed by atoms with Gasteiger partial charge in [0.25, 0.3) is 5.91 Å². The van der Waals surface area contributed by atoms with Crippen molar-refractivity contribution in [2.45, 2.75) is 19.8 Å². The van der Waals surface area contributed by atoms with Crippen LogP contribution >= 0.6 is 15.9 Å². The summed E-state index contributed by atoms with van der Waals surface area (Å²) in [5.41, 5.74) is 1.73. The lowest BCUT2D eigenvalue weighted by atomic mass is 10.0. The van der Waals surface area contributed by atoms with Crippen molar-refractivity contribution in [2.75, 3.05) is 19.8 Å². The molecule has 1 aliphatic heterocycles. The Morgan fingerprint density at radius 3 is 3.11 bits per heavy atom. The van der Waals surface area contributed by atoms with E-state index in [-0.39, 0.29) is 5.91 Å². The van der Waals surface area contributed by atoms with Gasteiger partial charge in [0.1, 0.15) is 0 Å². The molecule has 18 heavy (non-hydrogen) atoms. The molecule has 1 aromatic rings. The van der Waals surface area contributed by atoms with Crippen LogP contribution in [0.25, 0.3) is 0 Å². The van der Waals surface area contributed by atoms with Gasteiger partial charge in [-0.15, -0.1) is 0 Å². The molecule has 1 aliphatic rings. The third kappa shape index (κ3) is 3.56. The van der Waals surface area contributed by atoms with Crippen molar-refractivity contribution in [3.05, 3.63) is 33.8 Å². The topological polar surface area (TPSA) is 38.3 Å². The number of ether oxygens (including phenoxy) is 1. The van der Waals surface area contributed by atoms with Crippen LogP contribution in [0.15, 0.2) is 22.7 Å². The van der Waals surface area contributed by atoms with Crippen LogP contribution in [0.4, 0.5) is 0 Å². The molecule has 3 nitrogen and oxygen atoms in total. The number of aryl methyl sites for hydroxylation is 1. The zero-order chi connectivity index (χ0) is 13.0.